The predicted octanol–water partition coefficient (Wildman–Crippen LogP) is 4.51. The Hall–Kier alpha value is -1.80. The van der Waals surface area contributed by atoms with Crippen LogP contribution in [-0.4, -0.2) is 6.54 Å². The summed E-state index contributed by atoms with van der Waals surface area (Å²) in [7, 11) is 0. The smallest absolute Gasteiger partial charge is 0.133 e. The Morgan fingerprint density at radius 2 is 1.75 bits per heavy atom. The van der Waals surface area contributed by atoms with Gasteiger partial charge in [0.05, 0.1) is 0 Å². The maximum Gasteiger partial charge on any atom is 0.133 e. The lowest BCUT2D eigenvalue weighted by Gasteiger charge is -2.14. The van der Waals surface area contributed by atoms with E-state index >= 15 is 0 Å². The lowest BCUT2D eigenvalue weighted by atomic mass is 10.1. The van der Waals surface area contributed by atoms with Crippen LogP contribution in [0.2, 0.25) is 0 Å². The highest BCUT2D eigenvalue weighted by molar-refractivity contribution is 5.47. The average molecular weight is 269 g/mol. The van der Waals surface area contributed by atoms with E-state index in [0.29, 0.717) is 0 Å². The van der Waals surface area contributed by atoms with Gasteiger partial charge in [0, 0.05) is 6.54 Å². The fourth-order valence-electron chi connectivity index (χ4n) is 2.19. The number of benzene rings is 2. The van der Waals surface area contributed by atoms with Crippen LogP contribution in [0.25, 0.3) is 0 Å². The van der Waals surface area contributed by atoms with Crippen LogP contribution in [-0.2, 0) is 6.54 Å². The molecule has 2 rings (SSSR count). The number of rotatable bonds is 5. The molecule has 0 aliphatic rings. The van der Waals surface area contributed by atoms with Crippen molar-refractivity contribution in [2.24, 2.45) is 0 Å². The molecule has 0 heterocycles. The first-order chi connectivity index (χ1) is 9.61. The molecule has 0 spiro atoms. The van der Waals surface area contributed by atoms with E-state index in [1.54, 1.807) is 0 Å². The highest BCUT2D eigenvalue weighted by Gasteiger charge is 2.08. The summed E-state index contributed by atoms with van der Waals surface area (Å²) in [6.07, 6.45) is 0. The Bertz CT molecular complexity index is 590. The van der Waals surface area contributed by atoms with Crippen molar-refractivity contribution in [2.45, 2.75) is 34.2 Å². The number of aryl methyl sites for hydroxylation is 2. The maximum absolute atomic E-state index is 6.11. The number of ether oxygens (including phenoxy) is 1. The minimum absolute atomic E-state index is 0.874. The van der Waals surface area contributed by atoms with Crippen LogP contribution in [0, 0.1) is 20.8 Å². The van der Waals surface area contributed by atoms with Gasteiger partial charge in [0.15, 0.2) is 0 Å². The van der Waals surface area contributed by atoms with Gasteiger partial charge in [-0.3, -0.25) is 0 Å². The average Bonchev–Trinajstić information content (AvgIpc) is 2.46. The lowest BCUT2D eigenvalue weighted by Crippen LogP contribution is -2.11. The third-order valence-corrected chi connectivity index (χ3v) is 3.57. The van der Waals surface area contributed by atoms with Crippen LogP contribution >= 0.6 is 0 Å². The molecule has 0 fully saturated rings. The van der Waals surface area contributed by atoms with E-state index in [9.17, 15) is 0 Å². The molecule has 2 aromatic carbocycles. The maximum atomic E-state index is 6.11. The molecule has 0 saturated heterocycles. The lowest BCUT2D eigenvalue weighted by molar-refractivity contribution is 0.473. The molecule has 0 aromatic heterocycles. The van der Waals surface area contributed by atoms with Crippen molar-refractivity contribution in [3.05, 3.63) is 58.7 Å². The van der Waals surface area contributed by atoms with Gasteiger partial charge in [0.2, 0.25) is 0 Å². The molecule has 2 aromatic rings. The van der Waals surface area contributed by atoms with E-state index in [0.717, 1.165) is 24.6 Å². The standard InChI is InChI=1S/C18H23NO/c1-5-19-12-16-7-6-8-17(11-16)20-18-14(3)10-9-13(2)15(18)4/h6-11,19H,5,12H2,1-4H3. The molecule has 0 unspecified atom stereocenters. The molecule has 1 N–H and O–H groups in total. The largest absolute Gasteiger partial charge is 0.457 e. The van der Waals surface area contributed by atoms with Crippen LogP contribution in [0.5, 0.6) is 11.5 Å². The summed E-state index contributed by atoms with van der Waals surface area (Å²) in [5, 5.41) is 3.33. The zero-order chi connectivity index (χ0) is 14.5. The second-order valence-electron chi connectivity index (χ2n) is 5.18. The highest BCUT2D eigenvalue weighted by atomic mass is 16.5. The van der Waals surface area contributed by atoms with Gasteiger partial charge in [0.1, 0.15) is 11.5 Å². The highest BCUT2D eigenvalue weighted by Crippen LogP contribution is 2.30. The van der Waals surface area contributed by atoms with Gasteiger partial charge in [-0.1, -0.05) is 31.2 Å². The van der Waals surface area contributed by atoms with Gasteiger partial charge in [-0.05, 0) is 61.7 Å². The van der Waals surface area contributed by atoms with Gasteiger partial charge in [-0.25, -0.2) is 0 Å². The van der Waals surface area contributed by atoms with Gasteiger partial charge < -0.3 is 10.1 Å². The molecule has 0 radical (unpaired) electrons. The summed E-state index contributed by atoms with van der Waals surface area (Å²) in [5.74, 6) is 1.88. The first kappa shape index (κ1) is 14.6. The van der Waals surface area contributed by atoms with Crippen LogP contribution in [0.4, 0.5) is 0 Å². The van der Waals surface area contributed by atoms with E-state index in [-0.39, 0.29) is 0 Å². The van der Waals surface area contributed by atoms with Crippen LogP contribution in [0.3, 0.4) is 0 Å². The molecule has 0 amide bonds. The molecule has 106 valence electrons. The summed E-state index contributed by atoms with van der Waals surface area (Å²) in [6, 6.07) is 12.5. The summed E-state index contributed by atoms with van der Waals surface area (Å²) < 4.78 is 6.11. The Morgan fingerprint density at radius 1 is 1.00 bits per heavy atom. The Morgan fingerprint density at radius 3 is 2.50 bits per heavy atom. The van der Waals surface area contributed by atoms with Crippen LogP contribution < -0.4 is 10.1 Å². The number of hydrogen-bond donors (Lipinski definition) is 1. The Labute approximate surface area is 121 Å². The molecule has 20 heavy (non-hydrogen) atoms. The van der Waals surface area contributed by atoms with E-state index in [1.807, 2.05) is 12.1 Å². The van der Waals surface area contributed by atoms with Crippen LogP contribution in [0.15, 0.2) is 36.4 Å². The molecule has 0 bridgehead atoms. The fourth-order valence-corrected chi connectivity index (χ4v) is 2.19. The zero-order valence-corrected chi connectivity index (χ0v) is 12.8. The van der Waals surface area contributed by atoms with Crippen molar-refractivity contribution in [3.8, 4) is 11.5 Å². The molecular formula is C18H23NO. The Balaban J connectivity index is 2.24. The van der Waals surface area contributed by atoms with Gasteiger partial charge in [-0.2, -0.15) is 0 Å². The van der Waals surface area contributed by atoms with Crippen molar-refractivity contribution in [3.63, 3.8) is 0 Å². The predicted molar refractivity (Wildman–Crippen MR) is 84.5 cm³/mol. The van der Waals surface area contributed by atoms with Crippen molar-refractivity contribution in [1.29, 1.82) is 0 Å². The molecule has 0 aliphatic heterocycles. The van der Waals surface area contributed by atoms with E-state index in [1.165, 1.54) is 22.3 Å². The van der Waals surface area contributed by atoms with E-state index in [4.69, 9.17) is 4.74 Å². The molecule has 0 atom stereocenters. The Kier molecular flexibility index (Phi) is 4.80. The van der Waals surface area contributed by atoms with Crippen molar-refractivity contribution >= 4 is 0 Å². The summed E-state index contributed by atoms with van der Waals surface area (Å²) in [6.45, 7) is 10.3. The molecule has 0 saturated carbocycles. The molecule has 2 heteroatoms. The SMILES string of the molecule is CCNCc1cccc(Oc2c(C)ccc(C)c2C)c1. The van der Waals surface area contributed by atoms with E-state index in [2.05, 4.69) is 57.3 Å². The third kappa shape index (κ3) is 3.40. The number of hydrogen-bond acceptors (Lipinski definition) is 2. The summed E-state index contributed by atoms with van der Waals surface area (Å²) in [4.78, 5) is 0. The second kappa shape index (κ2) is 6.58. The molecule has 2 nitrogen and oxygen atoms in total. The summed E-state index contributed by atoms with van der Waals surface area (Å²) >= 11 is 0. The first-order valence-electron chi connectivity index (χ1n) is 7.16. The fraction of sp³-hybridized carbons (Fsp3) is 0.333. The van der Waals surface area contributed by atoms with Gasteiger partial charge >= 0.3 is 0 Å². The quantitative estimate of drug-likeness (QED) is 0.862. The monoisotopic (exact) mass is 269 g/mol. The van der Waals surface area contributed by atoms with Crippen molar-refractivity contribution in [1.82, 2.24) is 5.32 Å². The van der Waals surface area contributed by atoms with Crippen LogP contribution in [0.1, 0.15) is 29.2 Å². The van der Waals surface area contributed by atoms with E-state index < -0.39 is 0 Å². The second-order valence-corrected chi connectivity index (χ2v) is 5.18. The molecule has 0 aliphatic carbocycles. The normalized spacial score (nSPS) is 10.6. The minimum atomic E-state index is 0.874. The number of nitrogens with one attached hydrogen (secondary N) is 1. The topological polar surface area (TPSA) is 21.3 Å². The van der Waals surface area contributed by atoms with Crippen molar-refractivity contribution < 1.29 is 4.74 Å². The van der Waals surface area contributed by atoms with Crippen molar-refractivity contribution in [2.75, 3.05) is 6.54 Å². The minimum Gasteiger partial charge on any atom is -0.457 e. The molecular weight excluding hydrogens is 246 g/mol. The van der Waals surface area contributed by atoms with Gasteiger partial charge in [0.25, 0.3) is 0 Å². The first-order valence-corrected chi connectivity index (χ1v) is 7.16. The zero-order valence-electron chi connectivity index (χ0n) is 12.8. The van der Waals surface area contributed by atoms with Gasteiger partial charge in [-0.15, -0.1) is 0 Å². The third-order valence-electron chi connectivity index (χ3n) is 3.57. The summed E-state index contributed by atoms with van der Waals surface area (Å²) in [5.41, 5.74) is 4.88.